The van der Waals surface area contributed by atoms with Crippen LogP contribution in [-0.4, -0.2) is 16.4 Å². The molecule has 0 aliphatic rings. The fraction of sp³-hybridized carbons (Fsp3) is 0.105. The minimum absolute atomic E-state index is 0.0847. The first-order valence-corrected chi connectivity index (χ1v) is 7.91. The highest BCUT2D eigenvalue weighted by molar-refractivity contribution is 6.02. The van der Waals surface area contributed by atoms with Crippen molar-refractivity contribution in [1.29, 1.82) is 0 Å². The van der Waals surface area contributed by atoms with Gasteiger partial charge in [0.1, 0.15) is 0 Å². The highest BCUT2D eigenvalue weighted by Gasteiger charge is 2.10. The first kappa shape index (κ1) is 17.2. The van der Waals surface area contributed by atoms with Crippen molar-refractivity contribution in [2.75, 3.05) is 10.6 Å². The molecule has 1 aromatic heterocycles. The van der Waals surface area contributed by atoms with Gasteiger partial charge in [-0.3, -0.25) is 9.36 Å². The number of nitrogens with one attached hydrogen (secondary N) is 2. The molecule has 26 heavy (non-hydrogen) atoms. The summed E-state index contributed by atoms with van der Waals surface area (Å²) in [6.45, 7) is 5.41. The van der Waals surface area contributed by atoms with Gasteiger partial charge in [0.05, 0.1) is 5.52 Å². The molecule has 0 atom stereocenters. The molecule has 0 fully saturated rings. The molecule has 3 rings (SSSR count). The van der Waals surface area contributed by atoms with Gasteiger partial charge in [0, 0.05) is 29.5 Å². The zero-order chi connectivity index (χ0) is 18.7. The van der Waals surface area contributed by atoms with E-state index in [1.54, 1.807) is 48.5 Å². The molecule has 0 aliphatic carbocycles. The van der Waals surface area contributed by atoms with E-state index in [1.807, 2.05) is 0 Å². The van der Waals surface area contributed by atoms with Crippen LogP contribution in [0.15, 0.2) is 64.3 Å². The molecule has 2 aromatic carbocycles. The lowest BCUT2D eigenvalue weighted by Crippen LogP contribution is -2.19. The second-order valence-electron chi connectivity index (χ2n) is 5.67. The van der Waals surface area contributed by atoms with Gasteiger partial charge in [-0.1, -0.05) is 18.2 Å². The number of rotatable bonds is 5. The molecule has 2 N–H and O–H groups in total. The van der Waals surface area contributed by atoms with Crippen molar-refractivity contribution in [3.63, 3.8) is 0 Å². The number of oxazole rings is 1. The Labute approximate surface area is 148 Å². The Bertz CT molecular complexity index is 1060. The van der Waals surface area contributed by atoms with Gasteiger partial charge in [-0.05, 0) is 31.2 Å². The monoisotopic (exact) mass is 351 g/mol. The summed E-state index contributed by atoms with van der Waals surface area (Å²) >= 11 is 0. The molecule has 0 radical (unpaired) electrons. The maximum Gasteiger partial charge on any atom is 0.420 e. The predicted octanol–water partition coefficient (Wildman–Crippen LogP) is 3.63. The minimum atomic E-state index is -0.484. The third-order valence-electron chi connectivity index (χ3n) is 3.76. The quantitative estimate of drug-likeness (QED) is 0.542. The fourth-order valence-electron chi connectivity index (χ4n) is 2.56. The Balaban J connectivity index is 1.77. The lowest BCUT2D eigenvalue weighted by atomic mass is 10.1. The first-order valence-electron chi connectivity index (χ1n) is 7.91. The zero-order valence-corrected chi connectivity index (χ0v) is 14.1. The number of allylic oxidation sites excluding steroid dienone is 1. The fourth-order valence-corrected chi connectivity index (χ4v) is 2.56. The Morgan fingerprint density at radius 1 is 1.15 bits per heavy atom. The molecule has 0 spiro atoms. The van der Waals surface area contributed by atoms with E-state index in [-0.39, 0.29) is 5.78 Å². The number of hydrogen-bond acceptors (Lipinski definition) is 4. The Morgan fingerprint density at radius 2 is 1.88 bits per heavy atom. The highest BCUT2D eigenvalue weighted by Crippen LogP contribution is 2.19. The van der Waals surface area contributed by atoms with E-state index in [9.17, 15) is 14.4 Å². The van der Waals surface area contributed by atoms with E-state index in [0.717, 1.165) is 0 Å². The van der Waals surface area contributed by atoms with Crippen LogP contribution >= 0.6 is 0 Å². The van der Waals surface area contributed by atoms with Crippen molar-refractivity contribution < 1.29 is 14.0 Å². The maximum absolute atomic E-state index is 12.2. The van der Waals surface area contributed by atoms with Crippen LogP contribution in [0.25, 0.3) is 11.1 Å². The summed E-state index contributed by atoms with van der Waals surface area (Å²) in [6, 6.07) is 11.1. The van der Waals surface area contributed by atoms with Gasteiger partial charge >= 0.3 is 11.8 Å². The average Bonchev–Trinajstić information content (AvgIpc) is 2.90. The average molecular weight is 351 g/mol. The summed E-state index contributed by atoms with van der Waals surface area (Å²) in [5.41, 5.74) is 2.47. The summed E-state index contributed by atoms with van der Waals surface area (Å²) in [6.07, 6.45) is 1.60. The van der Waals surface area contributed by atoms with Gasteiger partial charge in [0.25, 0.3) is 0 Å². The van der Waals surface area contributed by atoms with E-state index >= 15 is 0 Å². The van der Waals surface area contributed by atoms with E-state index in [4.69, 9.17) is 4.42 Å². The van der Waals surface area contributed by atoms with E-state index < -0.39 is 11.8 Å². The number of urea groups is 1. The smallest absolute Gasteiger partial charge is 0.408 e. The molecule has 7 heteroatoms. The van der Waals surface area contributed by atoms with Gasteiger partial charge in [0.15, 0.2) is 11.4 Å². The van der Waals surface area contributed by atoms with Crippen molar-refractivity contribution in [3.05, 3.63) is 71.2 Å². The third-order valence-corrected chi connectivity index (χ3v) is 3.76. The number of aromatic nitrogens is 1. The number of ketones is 1. The molecule has 0 bridgehead atoms. The molecular formula is C19H17N3O4. The molecule has 0 unspecified atom stereocenters. The van der Waals surface area contributed by atoms with Crippen molar-refractivity contribution in [3.8, 4) is 0 Å². The van der Waals surface area contributed by atoms with Gasteiger partial charge in [0.2, 0.25) is 0 Å². The lowest BCUT2D eigenvalue weighted by Gasteiger charge is -2.08. The summed E-state index contributed by atoms with van der Waals surface area (Å²) in [5, 5.41) is 5.32. The van der Waals surface area contributed by atoms with Crippen LogP contribution in [0.3, 0.4) is 0 Å². The third kappa shape index (κ3) is 3.56. The van der Waals surface area contributed by atoms with Crippen molar-refractivity contribution in [2.45, 2.75) is 13.5 Å². The number of Topliss-reactive ketones (excluding diaryl/α,β-unsaturated/α-hetero) is 1. The number of nitrogens with zero attached hydrogens (tertiary/aromatic N) is 1. The van der Waals surface area contributed by atoms with E-state index in [0.29, 0.717) is 34.6 Å². The molecule has 2 amide bonds. The highest BCUT2D eigenvalue weighted by atomic mass is 16.4. The Hall–Kier alpha value is -3.61. The number of amides is 2. The topological polar surface area (TPSA) is 93.3 Å². The molecular weight excluding hydrogens is 334 g/mol. The number of anilines is 2. The molecule has 0 saturated carbocycles. The molecule has 3 aromatic rings. The van der Waals surface area contributed by atoms with Gasteiger partial charge < -0.3 is 15.1 Å². The number of fused-ring (bicyclic) bond motifs is 1. The van der Waals surface area contributed by atoms with Gasteiger partial charge in [-0.2, -0.15) is 0 Å². The lowest BCUT2D eigenvalue weighted by molar-refractivity contribution is 0.101. The van der Waals surface area contributed by atoms with Gasteiger partial charge in [-0.25, -0.2) is 9.59 Å². The van der Waals surface area contributed by atoms with Crippen molar-refractivity contribution in [1.82, 2.24) is 4.57 Å². The summed E-state index contributed by atoms with van der Waals surface area (Å²) in [7, 11) is 0. The Kier molecular flexibility index (Phi) is 4.70. The summed E-state index contributed by atoms with van der Waals surface area (Å²) < 4.78 is 6.63. The number of carbonyl (C=O) groups excluding carboxylic acids is 2. The molecule has 1 heterocycles. The standard InChI is InChI=1S/C19H17N3O4/c1-3-9-22-16-8-7-15(11-17(16)26-19(22)25)21-18(24)20-14-6-4-5-13(10-14)12(2)23/h3-8,10-11H,1,9H2,2H3,(H2,20,21,24). The second kappa shape index (κ2) is 7.10. The van der Waals surface area contributed by atoms with Crippen LogP contribution < -0.4 is 16.4 Å². The van der Waals surface area contributed by atoms with E-state index in [1.165, 1.54) is 11.5 Å². The minimum Gasteiger partial charge on any atom is -0.408 e. The predicted molar refractivity (Wildman–Crippen MR) is 99.8 cm³/mol. The largest absolute Gasteiger partial charge is 0.420 e. The van der Waals surface area contributed by atoms with Crippen molar-refractivity contribution in [2.24, 2.45) is 0 Å². The number of hydrogen-bond donors (Lipinski definition) is 2. The van der Waals surface area contributed by atoms with Crippen LogP contribution in [0.4, 0.5) is 16.2 Å². The van der Waals surface area contributed by atoms with E-state index in [2.05, 4.69) is 17.2 Å². The number of carbonyl (C=O) groups is 2. The summed E-state index contributed by atoms with van der Waals surface area (Å²) in [4.78, 5) is 35.4. The SMILES string of the molecule is C=CCn1c(=O)oc2cc(NC(=O)Nc3cccc(C(C)=O)c3)ccc21. The van der Waals surface area contributed by atoms with Crippen LogP contribution in [-0.2, 0) is 6.54 Å². The van der Waals surface area contributed by atoms with Crippen LogP contribution in [0.1, 0.15) is 17.3 Å². The van der Waals surface area contributed by atoms with Crippen molar-refractivity contribution >= 4 is 34.3 Å². The Morgan fingerprint density at radius 3 is 2.58 bits per heavy atom. The summed E-state index contributed by atoms with van der Waals surface area (Å²) in [5.74, 6) is -0.568. The normalized spacial score (nSPS) is 10.5. The number of benzene rings is 2. The maximum atomic E-state index is 12.2. The van der Waals surface area contributed by atoms with Crippen LogP contribution in [0, 0.1) is 0 Å². The molecule has 132 valence electrons. The molecule has 7 nitrogen and oxygen atoms in total. The second-order valence-corrected chi connectivity index (χ2v) is 5.67. The molecule has 0 aliphatic heterocycles. The first-order chi connectivity index (χ1) is 12.5. The zero-order valence-electron chi connectivity index (χ0n) is 14.1. The molecule has 0 saturated heterocycles. The van der Waals surface area contributed by atoms with Crippen LogP contribution in [0.5, 0.6) is 0 Å². The van der Waals surface area contributed by atoms with Crippen LogP contribution in [0.2, 0.25) is 0 Å². The van der Waals surface area contributed by atoms with Gasteiger partial charge in [-0.15, -0.1) is 6.58 Å².